The van der Waals surface area contributed by atoms with E-state index < -0.39 is 0 Å². The number of aryl methyl sites for hydroxylation is 2. The SMILES string of the molecule is Cc1ccc2[nH]c(=O)[nH]c2c1C. The van der Waals surface area contributed by atoms with Gasteiger partial charge >= 0.3 is 5.69 Å². The van der Waals surface area contributed by atoms with Crippen LogP contribution < -0.4 is 5.69 Å². The van der Waals surface area contributed by atoms with Gasteiger partial charge in [-0.2, -0.15) is 0 Å². The summed E-state index contributed by atoms with van der Waals surface area (Å²) in [7, 11) is 0. The summed E-state index contributed by atoms with van der Waals surface area (Å²) in [6.07, 6.45) is 0. The number of hydrogen-bond acceptors (Lipinski definition) is 1. The van der Waals surface area contributed by atoms with Crippen LogP contribution in [0.5, 0.6) is 0 Å². The summed E-state index contributed by atoms with van der Waals surface area (Å²) in [6.45, 7) is 4.03. The van der Waals surface area contributed by atoms with Crippen LogP contribution >= 0.6 is 0 Å². The quantitative estimate of drug-likeness (QED) is 0.605. The lowest BCUT2D eigenvalue weighted by Crippen LogP contribution is -1.99. The first-order valence-electron chi connectivity index (χ1n) is 3.86. The summed E-state index contributed by atoms with van der Waals surface area (Å²) in [6, 6.07) is 3.91. The van der Waals surface area contributed by atoms with Crippen LogP contribution in [0.15, 0.2) is 16.9 Å². The van der Waals surface area contributed by atoms with E-state index in [1.54, 1.807) is 0 Å². The third-order valence-electron chi connectivity index (χ3n) is 2.22. The molecule has 1 heterocycles. The van der Waals surface area contributed by atoms with E-state index in [9.17, 15) is 4.79 Å². The van der Waals surface area contributed by atoms with Crippen LogP contribution in [0.25, 0.3) is 11.0 Å². The Balaban J connectivity index is 2.99. The van der Waals surface area contributed by atoms with Crippen molar-refractivity contribution in [2.45, 2.75) is 13.8 Å². The van der Waals surface area contributed by atoms with Gasteiger partial charge in [0, 0.05) is 0 Å². The third kappa shape index (κ3) is 0.863. The van der Waals surface area contributed by atoms with Gasteiger partial charge in [0.1, 0.15) is 0 Å². The summed E-state index contributed by atoms with van der Waals surface area (Å²) >= 11 is 0. The van der Waals surface area contributed by atoms with Crippen LogP contribution in [-0.4, -0.2) is 9.97 Å². The summed E-state index contributed by atoms with van der Waals surface area (Å²) in [5.41, 5.74) is 3.98. The van der Waals surface area contributed by atoms with E-state index in [2.05, 4.69) is 9.97 Å². The Labute approximate surface area is 69.4 Å². The topological polar surface area (TPSA) is 48.6 Å². The molecule has 12 heavy (non-hydrogen) atoms. The van der Waals surface area contributed by atoms with Crippen LogP contribution in [0.2, 0.25) is 0 Å². The van der Waals surface area contributed by atoms with Crippen molar-refractivity contribution < 1.29 is 0 Å². The van der Waals surface area contributed by atoms with Crippen LogP contribution in [-0.2, 0) is 0 Å². The number of hydrogen-bond donors (Lipinski definition) is 2. The van der Waals surface area contributed by atoms with Crippen LogP contribution in [0.1, 0.15) is 11.1 Å². The average molecular weight is 162 g/mol. The smallest absolute Gasteiger partial charge is 0.306 e. The van der Waals surface area contributed by atoms with E-state index in [1.165, 1.54) is 5.56 Å². The second kappa shape index (κ2) is 2.24. The predicted octanol–water partition coefficient (Wildman–Crippen LogP) is 1.47. The third-order valence-corrected chi connectivity index (χ3v) is 2.22. The van der Waals surface area contributed by atoms with Gasteiger partial charge in [0.2, 0.25) is 0 Å². The maximum absolute atomic E-state index is 10.9. The molecule has 0 saturated heterocycles. The van der Waals surface area contributed by atoms with Crippen molar-refractivity contribution in [3.8, 4) is 0 Å². The molecule has 62 valence electrons. The van der Waals surface area contributed by atoms with Gasteiger partial charge in [-0.25, -0.2) is 4.79 Å². The van der Waals surface area contributed by atoms with Gasteiger partial charge in [0.05, 0.1) is 11.0 Å². The van der Waals surface area contributed by atoms with Gasteiger partial charge in [0.25, 0.3) is 0 Å². The molecular formula is C9H10N2O. The highest BCUT2D eigenvalue weighted by Gasteiger charge is 2.01. The van der Waals surface area contributed by atoms with E-state index in [0.717, 1.165) is 16.6 Å². The lowest BCUT2D eigenvalue weighted by molar-refractivity contribution is 1.21. The Bertz CT molecular complexity index is 479. The molecule has 2 N–H and O–H groups in total. The first-order valence-corrected chi connectivity index (χ1v) is 3.86. The number of rotatable bonds is 0. The molecule has 0 atom stereocenters. The Hall–Kier alpha value is -1.51. The molecule has 0 aliphatic carbocycles. The highest BCUT2D eigenvalue weighted by molar-refractivity contribution is 5.79. The van der Waals surface area contributed by atoms with Crippen molar-refractivity contribution in [3.05, 3.63) is 33.7 Å². The molecule has 3 nitrogen and oxygen atoms in total. The lowest BCUT2D eigenvalue weighted by atomic mass is 10.1. The largest absolute Gasteiger partial charge is 0.323 e. The Kier molecular flexibility index (Phi) is 1.33. The average Bonchev–Trinajstić information content (AvgIpc) is 2.39. The minimum absolute atomic E-state index is 0.140. The van der Waals surface area contributed by atoms with Crippen LogP contribution in [0.3, 0.4) is 0 Å². The van der Waals surface area contributed by atoms with Gasteiger partial charge < -0.3 is 9.97 Å². The number of benzene rings is 1. The highest BCUT2D eigenvalue weighted by atomic mass is 16.1. The molecule has 0 spiro atoms. The number of fused-ring (bicyclic) bond motifs is 1. The Morgan fingerprint density at radius 1 is 1.17 bits per heavy atom. The maximum Gasteiger partial charge on any atom is 0.323 e. The minimum Gasteiger partial charge on any atom is -0.306 e. The number of nitrogens with one attached hydrogen (secondary N) is 2. The second-order valence-corrected chi connectivity index (χ2v) is 3.01. The van der Waals surface area contributed by atoms with Crippen molar-refractivity contribution in [2.24, 2.45) is 0 Å². The van der Waals surface area contributed by atoms with E-state index in [0.29, 0.717) is 0 Å². The molecule has 1 aromatic heterocycles. The summed E-state index contributed by atoms with van der Waals surface area (Å²) < 4.78 is 0. The van der Waals surface area contributed by atoms with Gasteiger partial charge in [0.15, 0.2) is 0 Å². The molecule has 0 bridgehead atoms. The molecule has 1 aromatic carbocycles. The van der Waals surface area contributed by atoms with Crippen LogP contribution in [0.4, 0.5) is 0 Å². The highest BCUT2D eigenvalue weighted by Crippen LogP contribution is 2.15. The molecule has 0 aliphatic heterocycles. The van der Waals surface area contributed by atoms with E-state index in [4.69, 9.17) is 0 Å². The molecule has 0 unspecified atom stereocenters. The molecule has 0 saturated carbocycles. The van der Waals surface area contributed by atoms with E-state index in [1.807, 2.05) is 26.0 Å². The zero-order chi connectivity index (χ0) is 8.72. The molecular weight excluding hydrogens is 152 g/mol. The fourth-order valence-corrected chi connectivity index (χ4v) is 1.35. The van der Waals surface area contributed by atoms with Crippen molar-refractivity contribution in [1.29, 1.82) is 0 Å². The molecule has 0 aliphatic rings. The Morgan fingerprint density at radius 3 is 2.67 bits per heavy atom. The van der Waals surface area contributed by atoms with Crippen molar-refractivity contribution in [3.63, 3.8) is 0 Å². The fourth-order valence-electron chi connectivity index (χ4n) is 1.35. The minimum atomic E-state index is -0.140. The number of aromatic amines is 2. The fraction of sp³-hybridized carbons (Fsp3) is 0.222. The predicted molar refractivity (Wildman–Crippen MR) is 48.4 cm³/mol. The second-order valence-electron chi connectivity index (χ2n) is 3.01. The van der Waals surface area contributed by atoms with Crippen molar-refractivity contribution in [2.75, 3.05) is 0 Å². The molecule has 2 aromatic rings. The monoisotopic (exact) mass is 162 g/mol. The first-order chi connectivity index (χ1) is 5.68. The van der Waals surface area contributed by atoms with Gasteiger partial charge in [-0.3, -0.25) is 0 Å². The van der Waals surface area contributed by atoms with E-state index >= 15 is 0 Å². The first kappa shape index (κ1) is 7.16. The molecule has 0 amide bonds. The molecule has 3 heteroatoms. The number of H-pyrrole nitrogens is 2. The summed E-state index contributed by atoms with van der Waals surface area (Å²) in [5.74, 6) is 0. The van der Waals surface area contributed by atoms with Crippen LogP contribution in [0, 0.1) is 13.8 Å². The van der Waals surface area contributed by atoms with Crippen molar-refractivity contribution >= 4 is 11.0 Å². The zero-order valence-corrected chi connectivity index (χ0v) is 7.06. The number of aromatic nitrogens is 2. The maximum atomic E-state index is 10.9. The summed E-state index contributed by atoms with van der Waals surface area (Å²) in [4.78, 5) is 16.4. The zero-order valence-electron chi connectivity index (χ0n) is 7.06. The van der Waals surface area contributed by atoms with Crippen molar-refractivity contribution in [1.82, 2.24) is 9.97 Å². The molecule has 0 fully saturated rings. The number of imidazole rings is 1. The standard InChI is InChI=1S/C9H10N2O/c1-5-3-4-7-8(6(5)2)11-9(12)10-7/h3-4H,1-2H3,(H2,10,11,12). The Morgan fingerprint density at radius 2 is 1.92 bits per heavy atom. The van der Waals surface area contributed by atoms with Gasteiger partial charge in [-0.1, -0.05) is 6.07 Å². The van der Waals surface area contributed by atoms with Gasteiger partial charge in [-0.15, -0.1) is 0 Å². The lowest BCUT2D eigenvalue weighted by Gasteiger charge is -1.98. The normalized spacial score (nSPS) is 10.8. The molecule has 2 rings (SSSR count). The molecule has 0 radical (unpaired) electrons. The van der Waals surface area contributed by atoms with E-state index in [-0.39, 0.29) is 5.69 Å². The van der Waals surface area contributed by atoms with Gasteiger partial charge in [-0.05, 0) is 31.0 Å². The summed E-state index contributed by atoms with van der Waals surface area (Å²) in [5, 5.41) is 0.